The maximum atomic E-state index is 10.2. The first-order chi connectivity index (χ1) is 8.47. The third kappa shape index (κ3) is 1.82. The monoisotopic (exact) mass is 311 g/mol. The number of phenols is 1. The zero-order chi connectivity index (χ0) is 13.4. The van der Waals surface area contributed by atoms with Crippen LogP contribution in [0.5, 0.6) is 11.5 Å². The molecule has 0 amide bonds. The van der Waals surface area contributed by atoms with Crippen molar-refractivity contribution in [3.8, 4) is 22.6 Å². The van der Waals surface area contributed by atoms with Gasteiger partial charge in [0, 0.05) is 22.6 Å². The first-order valence-electron chi connectivity index (χ1n) is 5.31. The molecule has 0 radical (unpaired) electrons. The van der Waals surface area contributed by atoms with Gasteiger partial charge in [-0.25, -0.2) is 0 Å². The van der Waals surface area contributed by atoms with E-state index in [4.69, 9.17) is 10.5 Å². The molecule has 18 heavy (non-hydrogen) atoms. The predicted octanol–water partition coefficient (Wildman–Crippen LogP) is 2.45. The van der Waals surface area contributed by atoms with Crippen LogP contribution in [-0.4, -0.2) is 22.0 Å². The maximum absolute atomic E-state index is 10.2. The van der Waals surface area contributed by atoms with Crippen LogP contribution < -0.4 is 10.5 Å². The Morgan fingerprint density at radius 1 is 1.50 bits per heavy atom. The number of benzene rings is 1. The molecule has 3 N–H and O–H groups in total. The first kappa shape index (κ1) is 12.8. The molecule has 5 nitrogen and oxygen atoms in total. The third-order valence-electron chi connectivity index (χ3n) is 2.94. The van der Waals surface area contributed by atoms with Gasteiger partial charge in [-0.2, -0.15) is 5.10 Å². The summed E-state index contributed by atoms with van der Waals surface area (Å²) in [7, 11) is 3.26. The summed E-state index contributed by atoms with van der Waals surface area (Å²) >= 11 is 3.44. The van der Waals surface area contributed by atoms with Gasteiger partial charge >= 0.3 is 0 Å². The first-order valence-corrected chi connectivity index (χ1v) is 6.10. The van der Waals surface area contributed by atoms with Gasteiger partial charge in [-0.1, -0.05) is 15.9 Å². The number of halogens is 1. The van der Waals surface area contributed by atoms with E-state index in [9.17, 15) is 5.11 Å². The molecule has 0 fully saturated rings. The molecule has 0 unspecified atom stereocenters. The lowest BCUT2D eigenvalue weighted by Crippen LogP contribution is -1.99. The standard InChI is InChI=1S/C12H14BrN3O2/c1-6-8(13)4-9(18-3)11(17)10(6)7-5-15-16(2)12(7)14/h4-5,17H,14H2,1-3H3. The molecule has 0 spiro atoms. The van der Waals surface area contributed by atoms with E-state index in [1.165, 1.54) is 7.11 Å². The summed E-state index contributed by atoms with van der Waals surface area (Å²) in [6.45, 7) is 1.89. The van der Waals surface area contributed by atoms with Crippen LogP contribution in [-0.2, 0) is 7.05 Å². The molecule has 1 heterocycles. The van der Waals surface area contributed by atoms with E-state index in [1.807, 2.05) is 6.92 Å². The van der Waals surface area contributed by atoms with Gasteiger partial charge in [0.25, 0.3) is 0 Å². The number of methoxy groups -OCH3 is 1. The zero-order valence-corrected chi connectivity index (χ0v) is 11.9. The minimum atomic E-state index is 0.0675. The Hall–Kier alpha value is -1.69. The molecule has 1 aromatic heterocycles. The van der Waals surface area contributed by atoms with Crippen LogP contribution in [0.1, 0.15) is 5.56 Å². The number of aryl methyl sites for hydroxylation is 1. The highest BCUT2D eigenvalue weighted by molar-refractivity contribution is 9.10. The number of ether oxygens (including phenoxy) is 1. The average Bonchev–Trinajstić information content (AvgIpc) is 2.66. The van der Waals surface area contributed by atoms with Crippen molar-refractivity contribution in [2.24, 2.45) is 7.05 Å². The summed E-state index contributed by atoms with van der Waals surface area (Å²) in [6.07, 6.45) is 1.63. The van der Waals surface area contributed by atoms with Crippen molar-refractivity contribution in [1.82, 2.24) is 9.78 Å². The van der Waals surface area contributed by atoms with Crippen molar-refractivity contribution in [2.45, 2.75) is 6.92 Å². The Bertz CT molecular complexity index is 608. The molecular weight excluding hydrogens is 298 g/mol. The summed E-state index contributed by atoms with van der Waals surface area (Å²) in [5.41, 5.74) is 8.15. The van der Waals surface area contributed by atoms with Crippen LogP contribution in [0, 0.1) is 6.92 Å². The van der Waals surface area contributed by atoms with E-state index in [1.54, 1.807) is 24.0 Å². The fraction of sp³-hybridized carbons (Fsp3) is 0.250. The van der Waals surface area contributed by atoms with Crippen LogP contribution in [0.15, 0.2) is 16.7 Å². The number of phenolic OH excluding ortho intramolecular Hbond substituents is 1. The molecular formula is C12H14BrN3O2. The summed E-state index contributed by atoms with van der Waals surface area (Å²) in [5.74, 6) is 0.956. The lowest BCUT2D eigenvalue weighted by molar-refractivity contribution is 0.374. The highest BCUT2D eigenvalue weighted by Crippen LogP contribution is 2.44. The molecule has 0 aliphatic rings. The molecule has 0 aliphatic carbocycles. The van der Waals surface area contributed by atoms with E-state index >= 15 is 0 Å². The van der Waals surface area contributed by atoms with Crippen molar-refractivity contribution < 1.29 is 9.84 Å². The SMILES string of the molecule is COc1cc(Br)c(C)c(-c2cnn(C)c2N)c1O. The average molecular weight is 312 g/mol. The van der Waals surface area contributed by atoms with E-state index < -0.39 is 0 Å². The van der Waals surface area contributed by atoms with Gasteiger partial charge in [0.05, 0.1) is 13.3 Å². The summed E-state index contributed by atoms with van der Waals surface area (Å²) in [4.78, 5) is 0. The van der Waals surface area contributed by atoms with E-state index in [2.05, 4.69) is 21.0 Å². The van der Waals surface area contributed by atoms with Crippen molar-refractivity contribution in [3.63, 3.8) is 0 Å². The molecule has 6 heteroatoms. The van der Waals surface area contributed by atoms with Gasteiger partial charge in [0.15, 0.2) is 11.5 Å². The van der Waals surface area contributed by atoms with Crippen LogP contribution >= 0.6 is 15.9 Å². The number of anilines is 1. The van der Waals surface area contributed by atoms with Gasteiger partial charge in [0.1, 0.15) is 5.82 Å². The zero-order valence-electron chi connectivity index (χ0n) is 10.4. The Morgan fingerprint density at radius 2 is 2.17 bits per heavy atom. The fourth-order valence-electron chi connectivity index (χ4n) is 1.84. The number of aromatic hydroxyl groups is 1. The van der Waals surface area contributed by atoms with E-state index in [0.717, 1.165) is 10.0 Å². The largest absolute Gasteiger partial charge is 0.504 e. The number of hydrogen-bond acceptors (Lipinski definition) is 4. The number of nitrogens with zero attached hydrogens (tertiary/aromatic N) is 2. The maximum Gasteiger partial charge on any atom is 0.166 e. The second-order valence-corrected chi connectivity index (χ2v) is 4.83. The van der Waals surface area contributed by atoms with Crippen LogP contribution in [0.2, 0.25) is 0 Å². The molecule has 0 saturated heterocycles. The smallest absolute Gasteiger partial charge is 0.166 e. The predicted molar refractivity (Wildman–Crippen MR) is 73.7 cm³/mol. The number of aromatic nitrogens is 2. The van der Waals surface area contributed by atoms with Gasteiger partial charge in [0.2, 0.25) is 0 Å². The molecule has 0 bridgehead atoms. The van der Waals surface area contributed by atoms with Crippen LogP contribution in [0.25, 0.3) is 11.1 Å². The van der Waals surface area contributed by atoms with Crippen LogP contribution in [0.3, 0.4) is 0 Å². The molecule has 96 valence electrons. The molecule has 0 aliphatic heterocycles. The summed E-state index contributed by atoms with van der Waals surface area (Å²) in [5, 5.41) is 14.3. The Balaban J connectivity index is 2.78. The number of nitrogen functional groups attached to an aromatic ring is 1. The topological polar surface area (TPSA) is 73.3 Å². The van der Waals surface area contributed by atoms with Gasteiger partial charge in [-0.3, -0.25) is 4.68 Å². The molecule has 1 aromatic carbocycles. The van der Waals surface area contributed by atoms with Gasteiger partial charge < -0.3 is 15.6 Å². The number of nitrogens with two attached hydrogens (primary N) is 1. The Labute approximate surface area is 113 Å². The van der Waals surface area contributed by atoms with Gasteiger partial charge in [-0.05, 0) is 18.6 Å². The molecule has 0 atom stereocenters. The quantitative estimate of drug-likeness (QED) is 0.893. The molecule has 2 rings (SSSR count). The lowest BCUT2D eigenvalue weighted by Gasteiger charge is -2.13. The minimum Gasteiger partial charge on any atom is -0.504 e. The van der Waals surface area contributed by atoms with Crippen molar-refractivity contribution >= 4 is 21.7 Å². The Kier molecular flexibility index (Phi) is 3.21. The highest BCUT2D eigenvalue weighted by Gasteiger charge is 2.19. The van der Waals surface area contributed by atoms with Crippen LogP contribution in [0.4, 0.5) is 5.82 Å². The minimum absolute atomic E-state index is 0.0675. The van der Waals surface area contributed by atoms with Gasteiger partial charge in [-0.15, -0.1) is 0 Å². The Morgan fingerprint density at radius 3 is 2.67 bits per heavy atom. The second-order valence-electron chi connectivity index (χ2n) is 3.98. The van der Waals surface area contributed by atoms with Crippen molar-refractivity contribution in [3.05, 3.63) is 22.3 Å². The molecule has 2 aromatic rings. The normalized spacial score (nSPS) is 10.7. The van der Waals surface area contributed by atoms with E-state index in [-0.39, 0.29) is 5.75 Å². The second kappa shape index (κ2) is 4.53. The van der Waals surface area contributed by atoms with Crippen molar-refractivity contribution in [2.75, 3.05) is 12.8 Å². The fourth-order valence-corrected chi connectivity index (χ4v) is 2.24. The van der Waals surface area contributed by atoms with Crippen molar-refractivity contribution in [1.29, 1.82) is 0 Å². The number of hydrogen-bond donors (Lipinski definition) is 2. The highest BCUT2D eigenvalue weighted by atomic mass is 79.9. The number of rotatable bonds is 2. The summed E-state index contributed by atoms with van der Waals surface area (Å²) < 4.78 is 7.54. The summed E-state index contributed by atoms with van der Waals surface area (Å²) in [6, 6.07) is 1.72. The van der Waals surface area contributed by atoms with E-state index in [0.29, 0.717) is 22.7 Å². The molecule has 0 saturated carbocycles. The third-order valence-corrected chi connectivity index (χ3v) is 3.76. The lowest BCUT2D eigenvalue weighted by atomic mass is 10.0.